The van der Waals surface area contributed by atoms with E-state index >= 15 is 0 Å². The molecule has 0 amide bonds. The zero-order valence-electron chi connectivity index (χ0n) is 8.00. The number of rotatable bonds is 3. The van der Waals surface area contributed by atoms with Crippen LogP contribution in [0.15, 0.2) is 34.9 Å². The Kier molecular flexibility index (Phi) is 2.80. The molecule has 4 heteroatoms. The second-order valence-electron chi connectivity index (χ2n) is 3.14. The standard InChI is InChI=1S/C11H11NO3/c13-7-8(14)3-4-9-6-10-11(15-9)2-1-5-12-10/h1-6,8,13-14H,7H2/b4-3+. The van der Waals surface area contributed by atoms with Crippen molar-refractivity contribution in [3.8, 4) is 0 Å². The summed E-state index contributed by atoms with van der Waals surface area (Å²) < 4.78 is 5.42. The molecule has 2 N–H and O–H groups in total. The summed E-state index contributed by atoms with van der Waals surface area (Å²) in [5.74, 6) is 0.608. The van der Waals surface area contributed by atoms with Gasteiger partial charge in [-0.25, -0.2) is 0 Å². The van der Waals surface area contributed by atoms with Gasteiger partial charge < -0.3 is 14.6 Å². The Morgan fingerprint density at radius 1 is 1.53 bits per heavy atom. The first-order chi connectivity index (χ1) is 7.29. The molecule has 2 aromatic rings. The van der Waals surface area contributed by atoms with E-state index < -0.39 is 6.10 Å². The van der Waals surface area contributed by atoms with Gasteiger partial charge in [0.2, 0.25) is 0 Å². The molecule has 0 fully saturated rings. The summed E-state index contributed by atoms with van der Waals surface area (Å²) >= 11 is 0. The van der Waals surface area contributed by atoms with Crippen molar-refractivity contribution >= 4 is 17.2 Å². The molecule has 0 radical (unpaired) electrons. The third-order valence-corrected chi connectivity index (χ3v) is 1.98. The minimum Gasteiger partial charge on any atom is -0.455 e. The predicted molar refractivity (Wildman–Crippen MR) is 56.1 cm³/mol. The van der Waals surface area contributed by atoms with Crippen LogP contribution >= 0.6 is 0 Å². The molecule has 2 heterocycles. The fourth-order valence-corrected chi connectivity index (χ4v) is 1.24. The maximum atomic E-state index is 9.10. The number of hydrogen-bond donors (Lipinski definition) is 2. The van der Waals surface area contributed by atoms with E-state index in [1.165, 1.54) is 6.08 Å². The molecule has 2 rings (SSSR count). The highest BCUT2D eigenvalue weighted by Crippen LogP contribution is 2.17. The summed E-state index contributed by atoms with van der Waals surface area (Å²) in [6, 6.07) is 5.39. The van der Waals surface area contributed by atoms with Crippen LogP contribution in [0.2, 0.25) is 0 Å². The van der Waals surface area contributed by atoms with Crippen molar-refractivity contribution < 1.29 is 14.6 Å². The van der Waals surface area contributed by atoms with E-state index in [-0.39, 0.29) is 6.61 Å². The minimum atomic E-state index is -0.855. The Morgan fingerprint density at radius 2 is 2.40 bits per heavy atom. The molecule has 15 heavy (non-hydrogen) atoms. The topological polar surface area (TPSA) is 66.5 Å². The van der Waals surface area contributed by atoms with Gasteiger partial charge in [0.1, 0.15) is 11.3 Å². The first kappa shape index (κ1) is 9.89. The first-order valence-corrected chi connectivity index (χ1v) is 4.61. The third kappa shape index (κ3) is 2.23. The summed E-state index contributed by atoms with van der Waals surface area (Å²) in [6.45, 7) is -0.297. The second-order valence-corrected chi connectivity index (χ2v) is 3.14. The molecule has 0 bridgehead atoms. The molecule has 2 aromatic heterocycles. The van der Waals surface area contributed by atoms with E-state index in [1.54, 1.807) is 24.4 Å². The van der Waals surface area contributed by atoms with Gasteiger partial charge in [0.05, 0.1) is 12.7 Å². The number of pyridine rings is 1. The van der Waals surface area contributed by atoms with Gasteiger partial charge >= 0.3 is 0 Å². The fraction of sp³-hybridized carbons (Fsp3) is 0.182. The SMILES string of the molecule is OCC(O)/C=C/c1cc2ncccc2o1. The van der Waals surface area contributed by atoms with Gasteiger partial charge in [-0.2, -0.15) is 0 Å². The molecule has 78 valence electrons. The van der Waals surface area contributed by atoms with E-state index in [9.17, 15) is 0 Å². The molecule has 4 nitrogen and oxygen atoms in total. The summed E-state index contributed by atoms with van der Waals surface area (Å²) in [4.78, 5) is 4.11. The number of aliphatic hydroxyl groups is 2. The highest BCUT2D eigenvalue weighted by atomic mass is 16.3. The molecule has 0 aliphatic heterocycles. The average Bonchev–Trinajstić information content (AvgIpc) is 2.68. The Hall–Kier alpha value is -1.65. The van der Waals surface area contributed by atoms with Gasteiger partial charge in [-0.05, 0) is 18.2 Å². The number of hydrogen-bond acceptors (Lipinski definition) is 4. The zero-order chi connectivity index (χ0) is 10.7. The van der Waals surface area contributed by atoms with E-state index in [4.69, 9.17) is 14.6 Å². The number of furan rings is 1. The van der Waals surface area contributed by atoms with Crippen molar-refractivity contribution in [3.63, 3.8) is 0 Å². The van der Waals surface area contributed by atoms with Gasteiger partial charge in [0.15, 0.2) is 5.58 Å². The van der Waals surface area contributed by atoms with Gasteiger partial charge in [-0.15, -0.1) is 0 Å². The lowest BCUT2D eigenvalue weighted by Gasteiger charge is -1.96. The quantitative estimate of drug-likeness (QED) is 0.790. The first-order valence-electron chi connectivity index (χ1n) is 4.61. The van der Waals surface area contributed by atoms with Crippen molar-refractivity contribution in [2.24, 2.45) is 0 Å². The van der Waals surface area contributed by atoms with Crippen molar-refractivity contribution in [3.05, 3.63) is 36.2 Å². The van der Waals surface area contributed by atoms with Crippen LogP contribution in [0.25, 0.3) is 17.2 Å². The van der Waals surface area contributed by atoms with Crippen molar-refractivity contribution in [2.75, 3.05) is 6.61 Å². The van der Waals surface area contributed by atoms with Crippen molar-refractivity contribution in [1.82, 2.24) is 4.98 Å². The molecule has 0 aliphatic rings. The lowest BCUT2D eigenvalue weighted by atomic mass is 10.3. The minimum absolute atomic E-state index is 0.297. The van der Waals surface area contributed by atoms with Crippen LogP contribution in [-0.4, -0.2) is 27.9 Å². The average molecular weight is 205 g/mol. The summed E-state index contributed by atoms with van der Waals surface area (Å²) in [5, 5.41) is 17.7. The van der Waals surface area contributed by atoms with E-state index in [0.717, 1.165) is 5.52 Å². The van der Waals surface area contributed by atoms with Crippen molar-refractivity contribution in [1.29, 1.82) is 0 Å². The molecule has 0 aromatic carbocycles. The Bertz CT molecular complexity index is 442. The highest BCUT2D eigenvalue weighted by molar-refractivity contribution is 5.75. The van der Waals surface area contributed by atoms with Gasteiger partial charge in [-0.1, -0.05) is 6.08 Å². The highest BCUT2D eigenvalue weighted by Gasteiger charge is 2.01. The zero-order valence-corrected chi connectivity index (χ0v) is 8.00. The van der Waals surface area contributed by atoms with E-state index in [1.807, 2.05) is 6.07 Å². The molecule has 0 aliphatic carbocycles. The maximum Gasteiger partial charge on any atom is 0.153 e. The second kappa shape index (κ2) is 4.25. The van der Waals surface area contributed by atoms with E-state index in [0.29, 0.717) is 11.3 Å². The largest absolute Gasteiger partial charge is 0.455 e. The smallest absolute Gasteiger partial charge is 0.153 e. The number of fused-ring (bicyclic) bond motifs is 1. The third-order valence-electron chi connectivity index (χ3n) is 1.98. The number of nitrogens with zero attached hydrogens (tertiary/aromatic N) is 1. The predicted octanol–water partition coefficient (Wildman–Crippen LogP) is 1.19. The summed E-state index contributed by atoms with van der Waals surface area (Å²) in [7, 11) is 0. The molecule has 0 spiro atoms. The van der Waals surface area contributed by atoms with Crippen LogP contribution in [0, 0.1) is 0 Å². The molecular weight excluding hydrogens is 194 g/mol. The van der Waals surface area contributed by atoms with Crippen molar-refractivity contribution in [2.45, 2.75) is 6.10 Å². The Morgan fingerprint density at radius 3 is 3.13 bits per heavy atom. The molecular formula is C11H11NO3. The molecule has 0 saturated heterocycles. The van der Waals surface area contributed by atoms with Crippen LogP contribution in [0.5, 0.6) is 0 Å². The molecule has 1 unspecified atom stereocenters. The van der Waals surface area contributed by atoms with Crippen LogP contribution in [-0.2, 0) is 0 Å². The van der Waals surface area contributed by atoms with Crippen LogP contribution in [0.1, 0.15) is 5.76 Å². The van der Waals surface area contributed by atoms with Crippen LogP contribution in [0.4, 0.5) is 0 Å². The summed E-state index contributed by atoms with van der Waals surface area (Å²) in [5.41, 5.74) is 1.48. The fourth-order valence-electron chi connectivity index (χ4n) is 1.24. The van der Waals surface area contributed by atoms with Gasteiger partial charge in [0.25, 0.3) is 0 Å². The number of aromatic nitrogens is 1. The normalized spacial score (nSPS) is 13.7. The lowest BCUT2D eigenvalue weighted by molar-refractivity contribution is 0.131. The van der Waals surface area contributed by atoms with E-state index in [2.05, 4.69) is 4.98 Å². The van der Waals surface area contributed by atoms with Crippen LogP contribution in [0.3, 0.4) is 0 Å². The maximum absolute atomic E-state index is 9.10. The molecule has 1 atom stereocenters. The monoisotopic (exact) mass is 205 g/mol. The van der Waals surface area contributed by atoms with Gasteiger partial charge in [-0.3, -0.25) is 4.98 Å². The molecule has 0 saturated carbocycles. The summed E-state index contributed by atoms with van der Waals surface area (Å²) in [6.07, 6.45) is 3.92. The Labute approximate surface area is 86.5 Å². The van der Waals surface area contributed by atoms with Gasteiger partial charge in [0, 0.05) is 12.3 Å². The van der Waals surface area contributed by atoms with Crippen LogP contribution < -0.4 is 0 Å². The lowest BCUT2D eigenvalue weighted by Crippen LogP contribution is -2.06. The number of aliphatic hydroxyl groups excluding tert-OH is 2. The Balaban J connectivity index is 2.26.